The van der Waals surface area contributed by atoms with Crippen LogP contribution in [0.2, 0.25) is 0 Å². The van der Waals surface area contributed by atoms with E-state index in [4.69, 9.17) is 10.2 Å². The fraction of sp³-hybridized carbons (Fsp3) is 0.286. The summed E-state index contributed by atoms with van der Waals surface area (Å²) in [5, 5.41) is 4.52. The molecule has 3 aromatic rings. The van der Waals surface area contributed by atoms with E-state index in [0.717, 1.165) is 34.5 Å². The van der Waals surface area contributed by atoms with Crippen molar-refractivity contribution in [3.05, 3.63) is 35.9 Å². The molecule has 0 aliphatic rings. The van der Waals surface area contributed by atoms with E-state index in [-0.39, 0.29) is 0 Å². The molecule has 0 spiro atoms. The number of nitrogens with zero attached hydrogens (tertiary/aromatic N) is 3. The molecule has 0 aliphatic carbocycles. The molecule has 0 saturated carbocycles. The van der Waals surface area contributed by atoms with Gasteiger partial charge in [0, 0.05) is 31.6 Å². The minimum absolute atomic E-state index is 0.625. The van der Waals surface area contributed by atoms with Crippen molar-refractivity contribution in [2.75, 3.05) is 6.54 Å². The lowest BCUT2D eigenvalue weighted by Crippen LogP contribution is -2.06. The van der Waals surface area contributed by atoms with Crippen LogP contribution in [0.15, 0.2) is 28.7 Å². The summed E-state index contributed by atoms with van der Waals surface area (Å²) in [5.41, 5.74) is 10.4. The molecule has 0 fully saturated rings. The van der Waals surface area contributed by atoms with Gasteiger partial charge in [-0.25, -0.2) is 4.98 Å². The van der Waals surface area contributed by atoms with Gasteiger partial charge in [0.15, 0.2) is 11.5 Å². The lowest BCUT2D eigenvalue weighted by Gasteiger charge is -1.96. The van der Waals surface area contributed by atoms with Crippen molar-refractivity contribution in [1.82, 2.24) is 14.8 Å². The fourth-order valence-electron chi connectivity index (χ4n) is 2.23. The Hall–Kier alpha value is -2.14. The van der Waals surface area contributed by atoms with E-state index in [1.807, 2.05) is 36.9 Å². The molecule has 1 aromatic carbocycles. The van der Waals surface area contributed by atoms with Gasteiger partial charge in [-0.05, 0) is 30.8 Å². The van der Waals surface area contributed by atoms with Crippen molar-refractivity contribution in [3.63, 3.8) is 0 Å². The summed E-state index contributed by atoms with van der Waals surface area (Å²) in [7, 11) is 1.94. The second-order valence-corrected chi connectivity index (χ2v) is 4.60. The maximum atomic E-state index is 5.59. The highest BCUT2D eigenvalue weighted by Crippen LogP contribution is 2.24. The van der Waals surface area contributed by atoms with Crippen LogP contribution in [0.5, 0.6) is 0 Å². The molecular formula is C14H16N4O. The normalized spacial score (nSPS) is 11.3. The topological polar surface area (TPSA) is 69.9 Å². The fourth-order valence-corrected chi connectivity index (χ4v) is 2.23. The third-order valence-electron chi connectivity index (χ3n) is 3.17. The number of rotatable bonds is 3. The Morgan fingerprint density at radius 1 is 1.32 bits per heavy atom. The lowest BCUT2D eigenvalue weighted by molar-refractivity contribution is 0.561. The highest BCUT2D eigenvalue weighted by atomic mass is 16.3. The molecule has 19 heavy (non-hydrogen) atoms. The Morgan fingerprint density at radius 3 is 2.95 bits per heavy atom. The number of nitrogens with two attached hydrogens (primary N) is 1. The van der Waals surface area contributed by atoms with Gasteiger partial charge >= 0.3 is 0 Å². The predicted octanol–water partition coefficient (Wildman–Crippen LogP) is 2.04. The van der Waals surface area contributed by atoms with E-state index in [0.29, 0.717) is 12.4 Å². The average Bonchev–Trinajstić information content (AvgIpc) is 2.91. The number of aryl methyl sites for hydroxylation is 2. The van der Waals surface area contributed by atoms with Crippen LogP contribution >= 0.6 is 0 Å². The Kier molecular flexibility index (Phi) is 2.83. The number of hydrogen-bond donors (Lipinski definition) is 1. The van der Waals surface area contributed by atoms with E-state index in [1.165, 1.54) is 0 Å². The van der Waals surface area contributed by atoms with Gasteiger partial charge in [0.05, 0.1) is 5.69 Å². The van der Waals surface area contributed by atoms with Crippen molar-refractivity contribution >= 4 is 11.1 Å². The minimum atomic E-state index is 0.625. The van der Waals surface area contributed by atoms with Crippen LogP contribution in [0.3, 0.4) is 0 Å². The molecule has 2 heterocycles. The van der Waals surface area contributed by atoms with Crippen LogP contribution in [0, 0.1) is 6.92 Å². The second kappa shape index (κ2) is 4.51. The molecular weight excluding hydrogens is 240 g/mol. The van der Waals surface area contributed by atoms with E-state index >= 15 is 0 Å². The molecule has 0 saturated heterocycles. The zero-order chi connectivity index (χ0) is 13.4. The minimum Gasteiger partial charge on any atom is -0.441 e. The highest BCUT2D eigenvalue weighted by molar-refractivity contribution is 5.79. The summed E-state index contributed by atoms with van der Waals surface area (Å²) in [6.45, 7) is 2.47. The van der Waals surface area contributed by atoms with Crippen molar-refractivity contribution in [1.29, 1.82) is 0 Å². The standard InChI is InChI=1S/C14H16N4O/c1-9-16-13-7-10(3-4-14(13)19-9)12-8-11(5-6-15)18(2)17-12/h3-4,7-8H,5-6,15H2,1-2H3. The van der Waals surface area contributed by atoms with Gasteiger partial charge in [-0.3, -0.25) is 4.68 Å². The summed E-state index contributed by atoms with van der Waals surface area (Å²) >= 11 is 0. The van der Waals surface area contributed by atoms with E-state index < -0.39 is 0 Å². The van der Waals surface area contributed by atoms with Gasteiger partial charge in [0.2, 0.25) is 0 Å². The number of benzene rings is 1. The number of hydrogen-bond acceptors (Lipinski definition) is 4. The molecule has 5 nitrogen and oxygen atoms in total. The average molecular weight is 256 g/mol. The van der Waals surface area contributed by atoms with E-state index in [2.05, 4.69) is 16.1 Å². The van der Waals surface area contributed by atoms with Crippen LogP contribution in [0.25, 0.3) is 22.4 Å². The molecule has 2 aromatic heterocycles. The van der Waals surface area contributed by atoms with E-state index in [9.17, 15) is 0 Å². The van der Waals surface area contributed by atoms with Gasteiger partial charge in [0.25, 0.3) is 0 Å². The summed E-state index contributed by atoms with van der Waals surface area (Å²) in [6.07, 6.45) is 0.828. The van der Waals surface area contributed by atoms with Crippen LogP contribution < -0.4 is 5.73 Å². The maximum Gasteiger partial charge on any atom is 0.192 e. The molecule has 0 radical (unpaired) electrons. The first-order valence-corrected chi connectivity index (χ1v) is 6.28. The molecule has 0 bridgehead atoms. The summed E-state index contributed by atoms with van der Waals surface area (Å²) < 4.78 is 7.35. The number of oxazole rings is 1. The largest absolute Gasteiger partial charge is 0.441 e. The zero-order valence-electron chi connectivity index (χ0n) is 11.1. The molecule has 0 aliphatic heterocycles. The zero-order valence-corrected chi connectivity index (χ0v) is 11.1. The SMILES string of the molecule is Cc1nc2cc(-c3cc(CCN)n(C)n3)ccc2o1. The molecule has 0 amide bonds. The first-order valence-electron chi connectivity index (χ1n) is 6.28. The Balaban J connectivity index is 2.05. The Morgan fingerprint density at radius 2 is 2.16 bits per heavy atom. The smallest absolute Gasteiger partial charge is 0.192 e. The van der Waals surface area contributed by atoms with Gasteiger partial charge in [0.1, 0.15) is 5.52 Å². The van der Waals surface area contributed by atoms with Crippen LogP contribution in [-0.4, -0.2) is 21.3 Å². The van der Waals surface area contributed by atoms with Crippen molar-refractivity contribution < 1.29 is 4.42 Å². The Labute approximate surface area is 111 Å². The third-order valence-corrected chi connectivity index (χ3v) is 3.17. The monoisotopic (exact) mass is 256 g/mol. The highest BCUT2D eigenvalue weighted by Gasteiger charge is 2.09. The molecule has 3 rings (SSSR count). The lowest BCUT2D eigenvalue weighted by atomic mass is 10.1. The number of fused-ring (bicyclic) bond motifs is 1. The van der Waals surface area contributed by atoms with Crippen LogP contribution in [0.1, 0.15) is 11.6 Å². The van der Waals surface area contributed by atoms with Crippen molar-refractivity contribution in [2.24, 2.45) is 12.8 Å². The van der Waals surface area contributed by atoms with Crippen LogP contribution in [-0.2, 0) is 13.5 Å². The Bertz CT molecular complexity index is 726. The molecule has 2 N–H and O–H groups in total. The summed E-state index contributed by atoms with van der Waals surface area (Å²) in [5.74, 6) is 0.678. The van der Waals surface area contributed by atoms with E-state index in [1.54, 1.807) is 0 Å². The van der Waals surface area contributed by atoms with Gasteiger partial charge in [-0.2, -0.15) is 5.10 Å². The first kappa shape index (κ1) is 11.9. The molecule has 5 heteroatoms. The van der Waals surface area contributed by atoms with Crippen LogP contribution in [0.4, 0.5) is 0 Å². The van der Waals surface area contributed by atoms with Crippen molar-refractivity contribution in [3.8, 4) is 11.3 Å². The quantitative estimate of drug-likeness (QED) is 0.778. The second-order valence-electron chi connectivity index (χ2n) is 4.60. The molecule has 0 unspecified atom stereocenters. The molecule has 0 atom stereocenters. The molecule has 98 valence electrons. The van der Waals surface area contributed by atoms with Crippen molar-refractivity contribution in [2.45, 2.75) is 13.3 Å². The maximum absolute atomic E-state index is 5.59. The summed E-state index contributed by atoms with van der Waals surface area (Å²) in [4.78, 5) is 4.34. The summed E-state index contributed by atoms with van der Waals surface area (Å²) in [6, 6.07) is 8.00. The third kappa shape index (κ3) is 2.13. The van der Waals surface area contributed by atoms with Gasteiger partial charge in [-0.15, -0.1) is 0 Å². The van der Waals surface area contributed by atoms with Gasteiger partial charge in [-0.1, -0.05) is 0 Å². The van der Waals surface area contributed by atoms with Gasteiger partial charge < -0.3 is 10.2 Å². The number of aromatic nitrogens is 3. The first-order chi connectivity index (χ1) is 9.17. The predicted molar refractivity (Wildman–Crippen MR) is 73.7 cm³/mol.